The molecule has 1 aromatic carbocycles. The second-order valence-corrected chi connectivity index (χ2v) is 14.1. The van der Waals surface area contributed by atoms with Crippen LogP contribution in [0.5, 0.6) is 5.75 Å². The van der Waals surface area contributed by atoms with Crippen molar-refractivity contribution >= 4 is 23.2 Å². The van der Waals surface area contributed by atoms with Crippen molar-refractivity contribution < 1.29 is 29.7 Å². The number of carbonyl (C=O) groups is 3. The van der Waals surface area contributed by atoms with Gasteiger partial charge in [0.2, 0.25) is 11.3 Å². The van der Waals surface area contributed by atoms with Crippen molar-refractivity contribution in [3.63, 3.8) is 0 Å². The number of Topliss-reactive ketones (excluding diaryl/α,β-unsaturated/α-hetero) is 2. The third-order valence-corrected chi connectivity index (χ3v) is 11.4. The van der Waals surface area contributed by atoms with Crippen LogP contribution in [0.25, 0.3) is 5.76 Å². The molecule has 0 spiro atoms. The maximum Gasteiger partial charge on any atom is 0.259 e. The van der Waals surface area contributed by atoms with Crippen LogP contribution in [0.4, 0.5) is 0 Å². The summed E-state index contributed by atoms with van der Waals surface area (Å²) in [5.74, 6) is -5.70. The first kappa shape index (κ1) is 31.8. The second kappa shape index (κ2) is 10.5. The van der Waals surface area contributed by atoms with Crippen molar-refractivity contribution in [2.45, 2.75) is 65.8 Å². The van der Waals surface area contributed by atoms with E-state index in [-0.39, 0.29) is 30.0 Å². The molecule has 3 aliphatic carbocycles. The van der Waals surface area contributed by atoms with E-state index in [1.165, 1.54) is 6.07 Å². The highest BCUT2D eigenvalue weighted by atomic mass is 16.3. The minimum Gasteiger partial charge on any atom is -0.508 e. The number of hydrogen-bond donors (Lipinski definition) is 4. The molecule has 0 unspecified atom stereocenters. The Balaban J connectivity index is 1.68. The molecular weight excluding hydrogens is 564 g/mol. The number of likely N-dealkylation sites (N-methyl/N-ethyl adjacent to an activating group) is 1. The van der Waals surface area contributed by atoms with Crippen LogP contribution < -0.4 is 5.32 Å². The summed E-state index contributed by atoms with van der Waals surface area (Å²) in [6, 6.07) is 4.83. The largest absolute Gasteiger partial charge is 0.508 e. The SMILES string of the molecule is CCN1CCN(CNC(=O)C2=C(O)[C@]3(N=O)C(=O)C4=C(O)c5c(O)cccc5C(C)(C)[C@]4(C)C[C@]3(C)[C@@H](C(C)C)C2=O)CC1. The number of hydrogen-bond acceptors (Lipinski definition) is 10. The number of phenolic OH excluding ortho intramolecular Hbond substituents is 1. The predicted octanol–water partition coefficient (Wildman–Crippen LogP) is 3.82. The molecule has 238 valence electrons. The molecule has 2 fully saturated rings. The second-order valence-electron chi connectivity index (χ2n) is 14.1. The van der Waals surface area contributed by atoms with Gasteiger partial charge in [0.1, 0.15) is 22.8 Å². The summed E-state index contributed by atoms with van der Waals surface area (Å²) in [5, 5.41) is 40.3. The van der Waals surface area contributed by atoms with Crippen LogP contribution in [0.15, 0.2) is 40.3 Å². The number of fused-ring (bicyclic) bond motifs is 3. The van der Waals surface area contributed by atoms with Gasteiger partial charge in [-0.15, -0.1) is 4.91 Å². The summed E-state index contributed by atoms with van der Waals surface area (Å²) in [4.78, 5) is 60.2. The van der Waals surface area contributed by atoms with E-state index >= 15 is 0 Å². The van der Waals surface area contributed by atoms with Crippen LogP contribution >= 0.6 is 0 Å². The van der Waals surface area contributed by atoms with Crippen molar-refractivity contribution in [1.82, 2.24) is 15.1 Å². The van der Waals surface area contributed by atoms with Gasteiger partial charge in [0.15, 0.2) is 5.78 Å². The van der Waals surface area contributed by atoms with Crippen molar-refractivity contribution in [2.24, 2.45) is 27.8 Å². The van der Waals surface area contributed by atoms with Crippen LogP contribution in [-0.4, -0.2) is 87.5 Å². The summed E-state index contributed by atoms with van der Waals surface area (Å²) in [6.45, 7) is 16.9. The van der Waals surface area contributed by atoms with Crippen molar-refractivity contribution in [2.75, 3.05) is 39.4 Å². The summed E-state index contributed by atoms with van der Waals surface area (Å²) in [6.07, 6.45) is 0.00816. The van der Waals surface area contributed by atoms with Crippen LogP contribution in [0.2, 0.25) is 0 Å². The number of piperazine rings is 1. The Hall–Kier alpha value is -3.57. The highest BCUT2D eigenvalue weighted by Crippen LogP contribution is 2.69. The average molecular weight is 609 g/mol. The molecule has 0 bridgehead atoms. The Morgan fingerprint density at radius 1 is 1.05 bits per heavy atom. The first-order valence-electron chi connectivity index (χ1n) is 15.4. The number of ketones is 2. The monoisotopic (exact) mass is 608 g/mol. The number of nitrogens with one attached hydrogen (secondary N) is 1. The van der Waals surface area contributed by atoms with E-state index in [9.17, 15) is 34.6 Å². The summed E-state index contributed by atoms with van der Waals surface area (Å²) >= 11 is 0. The minimum atomic E-state index is -2.56. The smallest absolute Gasteiger partial charge is 0.259 e. The van der Waals surface area contributed by atoms with Gasteiger partial charge >= 0.3 is 0 Å². The van der Waals surface area contributed by atoms with Crippen LogP contribution in [0, 0.1) is 27.6 Å². The predicted molar refractivity (Wildman–Crippen MR) is 165 cm³/mol. The van der Waals surface area contributed by atoms with Gasteiger partial charge in [0.05, 0.1) is 12.2 Å². The van der Waals surface area contributed by atoms with Gasteiger partial charge in [0, 0.05) is 53.9 Å². The molecule has 0 radical (unpaired) electrons. The number of nitrogens with zero attached hydrogens (tertiary/aromatic N) is 3. The molecule has 4 N–H and O–H groups in total. The Bertz CT molecular complexity index is 1500. The molecule has 1 heterocycles. The molecule has 0 aromatic heterocycles. The van der Waals surface area contributed by atoms with Crippen molar-refractivity contribution in [1.29, 1.82) is 0 Å². The lowest BCUT2D eigenvalue weighted by Gasteiger charge is -2.62. The Morgan fingerprint density at radius 3 is 2.23 bits per heavy atom. The fourth-order valence-corrected chi connectivity index (χ4v) is 8.71. The lowest BCUT2D eigenvalue weighted by atomic mass is 9.39. The summed E-state index contributed by atoms with van der Waals surface area (Å²) < 4.78 is 0. The number of carbonyl (C=O) groups excluding carboxylic acids is 3. The van der Waals surface area contributed by atoms with Gasteiger partial charge in [-0.25, -0.2) is 0 Å². The first-order chi connectivity index (χ1) is 20.5. The molecule has 4 atom stereocenters. The summed E-state index contributed by atoms with van der Waals surface area (Å²) in [5.41, 5.74) is -6.27. The fraction of sp³-hybridized carbons (Fsp3) is 0.606. The Morgan fingerprint density at radius 2 is 1.66 bits per heavy atom. The summed E-state index contributed by atoms with van der Waals surface area (Å²) in [7, 11) is 0. The van der Waals surface area contributed by atoms with Gasteiger partial charge in [-0.05, 0) is 35.7 Å². The number of amides is 1. The maximum atomic E-state index is 14.9. The molecule has 11 nitrogen and oxygen atoms in total. The number of aromatic hydroxyl groups is 1. The number of aliphatic hydroxyl groups excluding tert-OH is 2. The van der Waals surface area contributed by atoms with Crippen LogP contribution in [0.1, 0.15) is 66.0 Å². The first-order valence-corrected chi connectivity index (χ1v) is 15.4. The van der Waals surface area contributed by atoms with E-state index in [4.69, 9.17) is 0 Å². The lowest BCUT2D eigenvalue weighted by molar-refractivity contribution is -0.148. The maximum absolute atomic E-state index is 14.9. The zero-order chi connectivity index (χ0) is 32.6. The Labute approximate surface area is 258 Å². The number of nitroso groups, excluding NO2 is 1. The number of benzene rings is 1. The van der Waals surface area contributed by atoms with Gasteiger partial charge in [0.25, 0.3) is 5.91 Å². The molecule has 1 aliphatic heterocycles. The lowest BCUT2D eigenvalue weighted by Crippen LogP contribution is -2.70. The molecule has 11 heteroatoms. The quantitative estimate of drug-likeness (QED) is 0.278. The minimum absolute atomic E-state index is 0.00816. The third-order valence-electron chi connectivity index (χ3n) is 11.4. The molecule has 5 rings (SSSR count). The molecular formula is C33H44N4O7. The molecule has 1 aromatic rings. The van der Waals surface area contributed by atoms with Gasteiger partial charge < -0.3 is 25.5 Å². The number of rotatable bonds is 6. The standard InChI is InChI=1S/C33H44N4O7/c1-8-36-12-14-37(15-13-36)17-34-29(43)22-26(40)23(18(2)3)32(7)16-31(6)24(28(42)33(32,35-44)27(22)41)25(39)21-19(30(31,4)5)10-9-11-20(21)38/h9-11,18,23,38-39,41H,8,12-17H2,1-7H3,(H,34,43)/t23-,31+,32+,33-/m0/s1. The van der Waals surface area contributed by atoms with Gasteiger partial charge in [-0.1, -0.05) is 60.6 Å². The van der Waals surface area contributed by atoms with E-state index in [0.29, 0.717) is 18.7 Å². The molecule has 1 saturated heterocycles. The molecule has 4 aliphatic rings. The zero-order valence-corrected chi connectivity index (χ0v) is 26.7. The molecule has 1 amide bonds. The van der Waals surface area contributed by atoms with E-state index in [0.717, 1.165) is 19.6 Å². The highest BCUT2D eigenvalue weighted by Gasteiger charge is 2.76. The third kappa shape index (κ3) is 3.97. The van der Waals surface area contributed by atoms with E-state index in [2.05, 4.69) is 22.3 Å². The van der Waals surface area contributed by atoms with Crippen molar-refractivity contribution in [3.8, 4) is 5.75 Å². The average Bonchev–Trinajstić information content (AvgIpc) is 2.95. The van der Waals surface area contributed by atoms with Crippen LogP contribution in [-0.2, 0) is 19.8 Å². The Kier molecular flexibility index (Phi) is 7.61. The zero-order valence-electron chi connectivity index (χ0n) is 26.7. The number of phenols is 1. The van der Waals surface area contributed by atoms with Gasteiger partial charge in [-0.2, -0.15) is 0 Å². The van der Waals surface area contributed by atoms with Crippen molar-refractivity contribution in [3.05, 3.63) is 51.1 Å². The van der Waals surface area contributed by atoms with Gasteiger partial charge in [-0.3, -0.25) is 19.3 Å². The van der Waals surface area contributed by atoms with E-state index < -0.39 is 68.2 Å². The highest BCUT2D eigenvalue weighted by molar-refractivity contribution is 6.25. The fourth-order valence-electron chi connectivity index (χ4n) is 8.71. The molecule has 1 saturated carbocycles. The number of aliphatic hydroxyl groups is 2. The molecule has 44 heavy (non-hydrogen) atoms. The van der Waals surface area contributed by atoms with E-state index in [1.807, 2.05) is 18.7 Å². The topological polar surface area (TPSA) is 160 Å². The normalized spacial score (nSPS) is 32.3. The van der Waals surface area contributed by atoms with E-state index in [1.54, 1.807) is 39.8 Å². The van der Waals surface area contributed by atoms with Crippen LogP contribution in [0.3, 0.4) is 0 Å².